The number of unbranched alkanes of at least 4 members (excludes halogenated alkanes) is 1. The number of hydrogen-bond acceptors (Lipinski definition) is 6. The van der Waals surface area contributed by atoms with E-state index < -0.39 is 0 Å². The van der Waals surface area contributed by atoms with Crippen molar-refractivity contribution in [3.63, 3.8) is 0 Å². The molecule has 27 heavy (non-hydrogen) atoms. The molecular weight excluding hydrogens is 346 g/mol. The Hall–Kier alpha value is -2.47. The second-order valence-electron chi connectivity index (χ2n) is 6.78. The predicted octanol–water partition coefficient (Wildman–Crippen LogP) is 4.50. The number of phenols is 1. The van der Waals surface area contributed by atoms with Gasteiger partial charge in [0.1, 0.15) is 11.5 Å². The predicted molar refractivity (Wildman–Crippen MR) is 105 cm³/mol. The van der Waals surface area contributed by atoms with Crippen LogP contribution in [0.25, 0.3) is 0 Å². The van der Waals surface area contributed by atoms with Gasteiger partial charge in [-0.2, -0.15) is 0 Å². The zero-order valence-electron chi connectivity index (χ0n) is 16.6. The maximum Gasteiger partial charge on any atom is 0.166 e. The number of rotatable bonds is 12. The number of aromatic hydroxyl groups is 1. The van der Waals surface area contributed by atoms with E-state index in [0.717, 1.165) is 18.6 Å². The van der Waals surface area contributed by atoms with Gasteiger partial charge in [-0.1, -0.05) is 13.8 Å². The summed E-state index contributed by atoms with van der Waals surface area (Å²) < 4.78 is 11.3. The Morgan fingerprint density at radius 2 is 1.96 bits per heavy atom. The summed E-state index contributed by atoms with van der Waals surface area (Å²) in [5.41, 5.74) is 2.86. The summed E-state index contributed by atoms with van der Waals surface area (Å²) in [6.07, 6.45) is 6.81. The van der Waals surface area contributed by atoms with Crippen LogP contribution in [0.3, 0.4) is 0 Å². The minimum absolute atomic E-state index is 0.00710. The Kier molecular flexibility index (Phi) is 10.0. The number of benzene rings is 1. The summed E-state index contributed by atoms with van der Waals surface area (Å²) in [5.74, 6) is 1.54. The summed E-state index contributed by atoms with van der Waals surface area (Å²) >= 11 is 0. The Labute approximate surface area is 161 Å². The molecule has 0 bridgehead atoms. The fourth-order valence-corrected chi connectivity index (χ4v) is 2.44. The van der Waals surface area contributed by atoms with Crippen molar-refractivity contribution < 1.29 is 24.6 Å². The van der Waals surface area contributed by atoms with E-state index >= 15 is 0 Å². The summed E-state index contributed by atoms with van der Waals surface area (Å²) in [4.78, 5) is 12.2. The van der Waals surface area contributed by atoms with Crippen molar-refractivity contribution >= 4 is 5.78 Å². The van der Waals surface area contributed by atoms with E-state index in [0.29, 0.717) is 36.5 Å². The molecule has 0 aliphatic carbocycles. The van der Waals surface area contributed by atoms with Gasteiger partial charge in [-0.15, -0.1) is 0 Å². The Morgan fingerprint density at radius 1 is 1.26 bits per heavy atom. The van der Waals surface area contributed by atoms with Crippen LogP contribution in [-0.2, 0) is 4.74 Å². The monoisotopic (exact) mass is 377 g/mol. The number of carbonyl (C=O) groups is 1. The topological polar surface area (TPSA) is 88.0 Å². The molecule has 6 nitrogen and oxygen atoms in total. The molecular formula is C21H31NO5. The van der Waals surface area contributed by atoms with Gasteiger partial charge >= 0.3 is 0 Å². The van der Waals surface area contributed by atoms with E-state index in [9.17, 15) is 9.90 Å². The molecule has 0 aromatic heterocycles. The number of nitrogens with one attached hydrogen (secondary N) is 1. The zero-order valence-corrected chi connectivity index (χ0v) is 16.6. The second-order valence-corrected chi connectivity index (χ2v) is 6.78. The van der Waals surface area contributed by atoms with Crippen LogP contribution in [0, 0.1) is 12.8 Å². The molecule has 0 spiro atoms. The molecule has 0 unspecified atom stereocenters. The molecule has 0 fully saturated rings. The van der Waals surface area contributed by atoms with Gasteiger partial charge in [0, 0.05) is 18.2 Å². The molecule has 0 heterocycles. The molecule has 6 heteroatoms. The summed E-state index contributed by atoms with van der Waals surface area (Å²) in [5, 5.41) is 18.7. The molecule has 0 radical (unpaired) electrons. The summed E-state index contributed by atoms with van der Waals surface area (Å²) in [6.45, 7) is 8.61. The molecule has 1 rings (SSSR count). The van der Waals surface area contributed by atoms with Crippen LogP contribution < -0.4 is 10.2 Å². The van der Waals surface area contributed by atoms with Gasteiger partial charge in [0.2, 0.25) is 0 Å². The molecule has 0 saturated heterocycles. The van der Waals surface area contributed by atoms with E-state index in [1.165, 1.54) is 6.20 Å². The third-order valence-corrected chi connectivity index (χ3v) is 3.90. The van der Waals surface area contributed by atoms with E-state index in [-0.39, 0.29) is 17.5 Å². The lowest BCUT2D eigenvalue weighted by Crippen LogP contribution is -2.06. The first kappa shape index (κ1) is 22.6. The lowest BCUT2D eigenvalue weighted by molar-refractivity contribution is 0.0965. The molecule has 0 aliphatic heterocycles. The molecule has 1 aromatic rings. The Bertz CT molecular complexity index is 665. The lowest BCUT2D eigenvalue weighted by Gasteiger charge is -2.13. The first-order valence-corrected chi connectivity index (χ1v) is 9.21. The first-order valence-electron chi connectivity index (χ1n) is 9.21. The van der Waals surface area contributed by atoms with Crippen LogP contribution >= 0.6 is 0 Å². The molecule has 3 N–H and O–H groups in total. The number of Topliss-reactive ketones (excluding diaryl/α,β-unsaturated/α-hetero) is 1. The SMILES string of the molecule is C/C(=C\C=C/NO)OCCCCOc1ccc(C(=O)CC(C)C)c(O)c1C. The number of carbonyl (C=O) groups excluding carboxylic acids is 1. The maximum atomic E-state index is 12.2. The molecule has 0 atom stereocenters. The number of phenolic OH excluding ortho intramolecular Hbond substituents is 1. The van der Waals surface area contributed by atoms with Gasteiger partial charge in [0.25, 0.3) is 0 Å². The average Bonchev–Trinajstić information content (AvgIpc) is 2.61. The number of hydrogen-bond donors (Lipinski definition) is 3. The fraction of sp³-hybridized carbons (Fsp3) is 0.476. The first-order chi connectivity index (χ1) is 12.9. The normalized spacial score (nSPS) is 11.9. The van der Waals surface area contributed by atoms with Gasteiger partial charge in [-0.25, -0.2) is 0 Å². The van der Waals surface area contributed by atoms with Crippen LogP contribution in [0.15, 0.2) is 36.2 Å². The molecule has 1 aromatic carbocycles. The van der Waals surface area contributed by atoms with Crippen LogP contribution in [0.1, 0.15) is 56.0 Å². The maximum absolute atomic E-state index is 12.2. The van der Waals surface area contributed by atoms with Gasteiger partial charge < -0.3 is 14.6 Å². The lowest BCUT2D eigenvalue weighted by atomic mass is 9.98. The van der Waals surface area contributed by atoms with Crippen molar-refractivity contribution in [2.24, 2.45) is 5.92 Å². The number of ether oxygens (including phenoxy) is 2. The van der Waals surface area contributed by atoms with Crippen LogP contribution in [0.5, 0.6) is 11.5 Å². The molecule has 0 amide bonds. The summed E-state index contributed by atoms with van der Waals surface area (Å²) in [7, 11) is 0. The fourth-order valence-electron chi connectivity index (χ4n) is 2.44. The smallest absolute Gasteiger partial charge is 0.166 e. The van der Waals surface area contributed by atoms with E-state index in [4.69, 9.17) is 14.7 Å². The van der Waals surface area contributed by atoms with Crippen molar-refractivity contribution in [1.29, 1.82) is 0 Å². The third-order valence-electron chi connectivity index (χ3n) is 3.90. The number of hydroxylamine groups is 1. The van der Waals surface area contributed by atoms with Gasteiger partial charge in [0.15, 0.2) is 5.78 Å². The van der Waals surface area contributed by atoms with Crippen molar-refractivity contribution in [1.82, 2.24) is 5.48 Å². The highest BCUT2D eigenvalue weighted by molar-refractivity contribution is 5.99. The average molecular weight is 377 g/mol. The zero-order chi connectivity index (χ0) is 20.2. The van der Waals surface area contributed by atoms with Crippen molar-refractivity contribution in [3.05, 3.63) is 47.4 Å². The quantitative estimate of drug-likeness (QED) is 0.163. The minimum Gasteiger partial charge on any atom is -0.507 e. The number of ketones is 1. The largest absolute Gasteiger partial charge is 0.507 e. The van der Waals surface area contributed by atoms with E-state index in [1.54, 1.807) is 31.2 Å². The van der Waals surface area contributed by atoms with Gasteiger partial charge in [0.05, 0.1) is 24.5 Å². The minimum atomic E-state index is -0.0534. The highest BCUT2D eigenvalue weighted by Gasteiger charge is 2.16. The van der Waals surface area contributed by atoms with Crippen LogP contribution in [-0.4, -0.2) is 29.3 Å². The number of allylic oxidation sites excluding steroid dienone is 3. The van der Waals surface area contributed by atoms with Crippen molar-refractivity contribution in [3.8, 4) is 11.5 Å². The second kappa shape index (κ2) is 12.0. The summed E-state index contributed by atoms with van der Waals surface area (Å²) in [6, 6.07) is 3.38. The van der Waals surface area contributed by atoms with Crippen LogP contribution in [0.2, 0.25) is 0 Å². The molecule has 0 aliphatic rings. The molecule has 150 valence electrons. The Balaban J connectivity index is 2.43. The third kappa shape index (κ3) is 8.17. The van der Waals surface area contributed by atoms with Gasteiger partial charge in [-0.3, -0.25) is 15.5 Å². The van der Waals surface area contributed by atoms with Gasteiger partial charge in [-0.05, 0) is 56.9 Å². The highest BCUT2D eigenvalue weighted by atomic mass is 16.5. The molecule has 0 saturated carbocycles. The highest BCUT2D eigenvalue weighted by Crippen LogP contribution is 2.31. The van der Waals surface area contributed by atoms with Crippen LogP contribution in [0.4, 0.5) is 0 Å². The van der Waals surface area contributed by atoms with Crippen molar-refractivity contribution in [2.45, 2.75) is 47.0 Å². The van der Waals surface area contributed by atoms with E-state index in [2.05, 4.69) is 0 Å². The standard InChI is InChI=1S/C21H31NO5/c1-15(2)14-19(23)18-9-10-20(17(4)21(18)24)27-13-6-5-12-26-16(3)8-7-11-22-25/h7-11,15,22,24-25H,5-6,12-14H2,1-4H3/b11-7-,16-8+. The van der Waals surface area contributed by atoms with E-state index in [1.807, 2.05) is 26.3 Å². The Morgan fingerprint density at radius 3 is 2.63 bits per heavy atom. The van der Waals surface area contributed by atoms with Crippen molar-refractivity contribution in [2.75, 3.05) is 13.2 Å².